The van der Waals surface area contributed by atoms with Gasteiger partial charge in [0, 0.05) is 11.4 Å². The Morgan fingerprint density at radius 2 is 2.14 bits per heavy atom. The second-order valence-electron chi connectivity index (χ2n) is 6.14. The van der Waals surface area contributed by atoms with Gasteiger partial charge in [0.2, 0.25) is 5.13 Å². The number of furan rings is 1. The summed E-state index contributed by atoms with van der Waals surface area (Å²) in [5.41, 5.74) is 7.36. The van der Waals surface area contributed by atoms with Crippen LogP contribution in [0.2, 0.25) is 5.02 Å². The summed E-state index contributed by atoms with van der Waals surface area (Å²) in [5.74, 6) is 0.558. The van der Waals surface area contributed by atoms with Crippen LogP contribution < -0.4 is 5.73 Å². The van der Waals surface area contributed by atoms with E-state index >= 15 is 0 Å². The van der Waals surface area contributed by atoms with Crippen LogP contribution in [0.3, 0.4) is 0 Å². The van der Waals surface area contributed by atoms with E-state index in [1.165, 1.54) is 28.1 Å². The van der Waals surface area contributed by atoms with Gasteiger partial charge in [0.1, 0.15) is 11.8 Å². The molecule has 0 saturated carbocycles. The second-order valence-corrected chi connectivity index (χ2v) is 9.17. The largest absolute Gasteiger partial charge is 0.467 e. The van der Waals surface area contributed by atoms with E-state index in [1.807, 2.05) is 37.3 Å². The Morgan fingerprint density at radius 3 is 2.79 bits per heavy atom. The van der Waals surface area contributed by atoms with Crippen molar-refractivity contribution in [1.29, 1.82) is 0 Å². The van der Waals surface area contributed by atoms with Crippen molar-refractivity contribution in [3.05, 3.63) is 59.0 Å². The normalized spacial score (nSPS) is 17.6. The van der Waals surface area contributed by atoms with Crippen molar-refractivity contribution in [2.75, 3.05) is 5.73 Å². The van der Waals surface area contributed by atoms with Gasteiger partial charge in [-0.2, -0.15) is 5.10 Å². The number of halogens is 1. The van der Waals surface area contributed by atoms with Crippen molar-refractivity contribution in [1.82, 2.24) is 15.2 Å². The fraction of sp³-hybridized carbons (Fsp3) is 0.222. The molecule has 1 aliphatic heterocycles. The summed E-state index contributed by atoms with van der Waals surface area (Å²) in [5, 5.41) is 14.5. The molecule has 2 atom stereocenters. The quantitative estimate of drug-likeness (QED) is 0.605. The maximum atomic E-state index is 13.2. The van der Waals surface area contributed by atoms with Crippen LogP contribution in [0.4, 0.5) is 5.13 Å². The number of nitrogens with two attached hydrogens (primary N) is 1. The van der Waals surface area contributed by atoms with Crippen LogP contribution in [0.5, 0.6) is 0 Å². The van der Waals surface area contributed by atoms with Crippen LogP contribution in [0.1, 0.15) is 30.7 Å². The average molecular weight is 434 g/mol. The van der Waals surface area contributed by atoms with E-state index in [0.29, 0.717) is 26.7 Å². The molecule has 3 heterocycles. The molecule has 2 N–H and O–H groups in total. The zero-order chi connectivity index (χ0) is 19.7. The maximum Gasteiger partial charge on any atom is 0.256 e. The Balaban J connectivity index is 1.60. The lowest BCUT2D eigenvalue weighted by molar-refractivity contribution is -0.132. The van der Waals surface area contributed by atoms with Crippen LogP contribution in [-0.2, 0) is 4.79 Å². The monoisotopic (exact) mass is 433 g/mol. The first-order valence-electron chi connectivity index (χ1n) is 8.47. The predicted molar refractivity (Wildman–Crippen MR) is 111 cm³/mol. The third kappa shape index (κ3) is 3.91. The molecule has 3 aromatic rings. The molecule has 144 valence electrons. The number of thioether (sulfide) groups is 1. The number of carbonyl (C=O) groups excluding carboxylic acids is 1. The summed E-state index contributed by atoms with van der Waals surface area (Å²) < 4.78 is 6.22. The summed E-state index contributed by atoms with van der Waals surface area (Å²) in [6.07, 6.45) is 2.16. The molecule has 1 aliphatic rings. The van der Waals surface area contributed by atoms with Gasteiger partial charge in [-0.3, -0.25) is 4.79 Å². The Labute approximate surface area is 174 Å². The zero-order valence-corrected chi connectivity index (χ0v) is 17.2. The molecule has 0 aliphatic carbocycles. The Hall–Kier alpha value is -2.36. The van der Waals surface area contributed by atoms with Crippen LogP contribution in [-0.4, -0.2) is 32.1 Å². The molecule has 0 bridgehead atoms. The minimum Gasteiger partial charge on any atom is -0.467 e. The summed E-state index contributed by atoms with van der Waals surface area (Å²) in [6, 6.07) is 10.8. The molecule has 2 aromatic heterocycles. The molecule has 28 heavy (non-hydrogen) atoms. The molecule has 0 spiro atoms. The Morgan fingerprint density at radius 1 is 1.36 bits per heavy atom. The highest BCUT2D eigenvalue weighted by molar-refractivity contribution is 8.02. The Bertz CT molecular complexity index is 1000. The average Bonchev–Trinajstić information content (AvgIpc) is 3.42. The van der Waals surface area contributed by atoms with Gasteiger partial charge in [0.25, 0.3) is 5.91 Å². The smallest absolute Gasteiger partial charge is 0.256 e. The van der Waals surface area contributed by atoms with E-state index in [1.54, 1.807) is 12.3 Å². The maximum absolute atomic E-state index is 13.2. The number of hydrogen-bond donors (Lipinski definition) is 1. The summed E-state index contributed by atoms with van der Waals surface area (Å²) in [4.78, 5) is 13.2. The molecular formula is C18H16ClN5O2S2. The van der Waals surface area contributed by atoms with Gasteiger partial charge in [-0.1, -0.05) is 46.8 Å². The number of anilines is 1. The number of aromatic nitrogens is 2. The number of hydrazone groups is 1. The summed E-state index contributed by atoms with van der Waals surface area (Å²) in [6.45, 7) is 1.82. The third-order valence-electron chi connectivity index (χ3n) is 4.23. The number of carbonyl (C=O) groups is 1. The molecular weight excluding hydrogens is 418 g/mol. The van der Waals surface area contributed by atoms with Crippen LogP contribution in [0, 0.1) is 0 Å². The fourth-order valence-corrected chi connectivity index (χ4v) is 4.84. The van der Waals surface area contributed by atoms with Gasteiger partial charge in [-0.25, -0.2) is 5.01 Å². The number of benzene rings is 1. The highest BCUT2D eigenvalue weighted by Gasteiger charge is 2.37. The second kappa shape index (κ2) is 7.94. The highest BCUT2D eigenvalue weighted by atomic mass is 35.5. The van der Waals surface area contributed by atoms with Crippen molar-refractivity contribution >= 4 is 51.5 Å². The SMILES string of the molecule is C[C@H](Sc1nnc(N)s1)C(=O)N1N=C(c2ccc(Cl)cc2)C[C@@H]1c1ccco1. The van der Waals surface area contributed by atoms with E-state index in [0.717, 1.165) is 11.3 Å². The van der Waals surface area contributed by atoms with Crippen molar-refractivity contribution in [3.63, 3.8) is 0 Å². The molecule has 0 saturated heterocycles. The lowest BCUT2D eigenvalue weighted by Crippen LogP contribution is -2.33. The van der Waals surface area contributed by atoms with Crippen LogP contribution in [0.25, 0.3) is 0 Å². The number of hydrogen-bond acceptors (Lipinski definition) is 8. The first-order valence-corrected chi connectivity index (χ1v) is 10.5. The van der Waals surface area contributed by atoms with Crippen molar-refractivity contribution in [2.45, 2.75) is 29.0 Å². The minimum absolute atomic E-state index is 0.135. The molecule has 10 heteroatoms. The first-order chi connectivity index (χ1) is 13.5. The van der Waals surface area contributed by atoms with E-state index in [-0.39, 0.29) is 11.9 Å². The number of nitrogen functional groups attached to an aromatic ring is 1. The molecule has 1 aromatic carbocycles. The molecule has 0 fully saturated rings. The van der Waals surface area contributed by atoms with Gasteiger partial charge in [-0.05, 0) is 36.8 Å². The van der Waals surface area contributed by atoms with Crippen molar-refractivity contribution in [3.8, 4) is 0 Å². The number of rotatable bonds is 5. The Kier molecular flexibility index (Phi) is 5.38. The third-order valence-corrected chi connectivity index (χ3v) is 6.41. The van der Waals surface area contributed by atoms with Gasteiger partial charge >= 0.3 is 0 Å². The lowest BCUT2D eigenvalue weighted by Gasteiger charge is -2.22. The minimum atomic E-state index is -0.405. The van der Waals surface area contributed by atoms with E-state index < -0.39 is 5.25 Å². The van der Waals surface area contributed by atoms with Gasteiger partial charge < -0.3 is 10.2 Å². The molecule has 1 amide bonds. The molecule has 0 radical (unpaired) electrons. The van der Waals surface area contributed by atoms with Crippen LogP contribution >= 0.6 is 34.7 Å². The summed E-state index contributed by atoms with van der Waals surface area (Å²) in [7, 11) is 0. The molecule has 4 rings (SSSR count). The molecule has 7 nitrogen and oxygen atoms in total. The summed E-state index contributed by atoms with van der Waals surface area (Å²) >= 11 is 8.55. The van der Waals surface area contributed by atoms with E-state index in [9.17, 15) is 4.79 Å². The van der Waals surface area contributed by atoms with E-state index in [4.69, 9.17) is 21.8 Å². The lowest BCUT2D eigenvalue weighted by atomic mass is 10.0. The first kappa shape index (κ1) is 19.0. The topological polar surface area (TPSA) is 97.6 Å². The standard InChI is InChI=1S/C18H16ClN5O2S2/c1-10(27-18-22-21-17(20)28-18)16(25)24-14(15-3-2-8-26-15)9-13(23-24)11-4-6-12(19)7-5-11/h2-8,10,14H,9H2,1H3,(H2,20,21)/t10-,14+/m0/s1. The predicted octanol–water partition coefficient (Wildman–Crippen LogP) is 4.23. The van der Waals surface area contributed by atoms with Crippen LogP contribution in [0.15, 0.2) is 56.5 Å². The van der Waals surface area contributed by atoms with Gasteiger partial charge in [0.15, 0.2) is 4.34 Å². The zero-order valence-electron chi connectivity index (χ0n) is 14.8. The molecule has 0 unspecified atom stereocenters. The van der Waals surface area contributed by atoms with Gasteiger partial charge in [0.05, 0.1) is 17.2 Å². The number of amides is 1. The highest BCUT2D eigenvalue weighted by Crippen LogP contribution is 2.36. The number of nitrogens with zero attached hydrogens (tertiary/aromatic N) is 4. The van der Waals surface area contributed by atoms with E-state index in [2.05, 4.69) is 15.3 Å². The fourth-order valence-electron chi connectivity index (χ4n) is 2.89. The van der Waals surface area contributed by atoms with Crippen molar-refractivity contribution < 1.29 is 9.21 Å². The van der Waals surface area contributed by atoms with Crippen molar-refractivity contribution in [2.24, 2.45) is 5.10 Å². The van der Waals surface area contributed by atoms with Gasteiger partial charge in [-0.15, -0.1) is 10.2 Å².